The number of carboxylic acids is 1. The van der Waals surface area contributed by atoms with Crippen LogP contribution in [0, 0.1) is 0 Å². The molecular weight excluding hydrogens is 194 g/mol. The number of benzene rings is 1. The molecule has 0 radical (unpaired) electrons. The Balaban J connectivity index is 2.51. The molecule has 1 aliphatic rings. The van der Waals surface area contributed by atoms with Gasteiger partial charge in [-0.25, -0.2) is 0 Å². The Morgan fingerprint density at radius 1 is 1.53 bits per heavy atom. The third-order valence-electron chi connectivity index (χ3n) is 2.72. The summed E-state index contributed by atoms with van der Waals surface area (Å²) < 4.78 is 0. The summed E-state index contributed by atoms with van der Waals surface area (Å²) in [7, 11) is 0. The van der Waals surface area contributed by atoms with Crippen molar-refractivity contribution in [1.29, 1.82) is 0 Å². The molecule has 1 amide bonds. The zero-order valence-electron chi connectivity index (χ0n) is 8.28. The molecule has 1 atom stereocenters. The van der Waals surface area contributed by atoms with Crippen LogP contribution in [-0.4, -0.2) is 17.0 Å². The molecule has 0 saturated carbocycles. The summed E-state index contributed by atoms with van der Waals surface area (Å²) in [4.78, 5) is 22.2. The number of aliphatic carboxylic acids is 1. The monoisotopic (exact) mass is 205 g/mol. The topological polar surface area (TPSA) is 66.4 Å². The van der Waals surface area contributed by atoms with Crippen LogP contribution < -0.4 is 5.32 Å². The summed E-state index contributed by atoms with van der Waals surface area (Å²) in [5.74, 6) is -1.57. The average Bonchev–Trinajstić information content (AvgIpc) is 2.59. The molecule has 1 heterocycles. The summed E-state index contributed by atoms with van der Waals surface area (Å²) in [5.41, 5.74) is 2.14. The largest absolute Gasteiger partial charge is 0.481 e. The van der Waals surface area contributed by atoms with E-state index in [0.29, 0.717) is 12.1 Å². The molecule has 15 heavy (non-hydrogen) atoms. The first-order valence-electron chi connectivity index (χ1n) is 4.74. The molecule has 0 aliphatic carbocycles. The standard InChI is InChI=1S/C11H11NO3/c1-6(11(14)15)7-3-2-4-8-9(7)5-12-10(8)13/h2-4,6H,5H2,1H3,(H,12,13)(H,14,15). The molecule has 2 N–H and O–H groups in total. The number of fused-ring (bicyclic) bond motifs is 1. The van der Waals surface area contributed by atoms with Crippen LogP contribution in [0.15, 0.2) is 18.2 Å². The Morgan fingerprint density at radius 3 is 2.93 bits per heavy atom. The second-order valence-corrected chi connectivity index (χ2v) is 3.62. The lowest BCUT2D eigenvalue weighted by atomic mass is 9.93. The van der Waals surface area contributed by atoms with E-state index in [1.807, 2.05) is 0 Å². The highest BCUT2D eigenvalue weighted by Crippen LogP contribution is 2.26. The summed E-state index contributed by atoms with van der Waals surface area (Å²) in [6, 6.07) is 5.20. The van der Waals surface area contributed by atoms with Gasteiger partial charge in [0.1, 0.15) is 0 Å². The Bertz CT molecular complexity index is 439. The maximum atomic E-state index is 11.4. The van der Waals surface area contributed by atoms with E-state index in [1.165, 1.54) is 0 Å². The van der Waals surface area contributed by atoms with Gasteiger partial charge in [-0.15, -0.1) is 0 Å². The molecule has 78 valence electrons. The number of amides is 1. The number of carboxylic acid groups (broad SMARTS) is 1. The third kappa shape index (κ3) is 1.48. The van der Waals surface area contributed by atoms with Gasteiger partial charge in [-0.05, 0) is 24.1 Å². The van der Waals surface area contributed by atoms with E-state index in [9.17, 15) is 9.59 Å². The summed E-state index contributed by atoms with van der Waals surface area (Å²) in [6.45, 7) is 2.06. The number of carbonyl (C=O) groups excluding carboxylic acids is 1. The minimum absolute atomic E-state index is 0.121. The van der Waals surface area contributed by atoms with Crippen LogP contribution in [0.1, 0.15) is 34.3 Å². The first kappa shape index (κ1) is 9.71. The van der Waals surface area contributed by atoms with Crippen molar-refractivity contribution < 1.29 is 14.7 Å². The number of rotatable bonds is 2. The van der Waals surface area contributed by atoms with Crippen LogP contribution in [0.4, 0.5) is 0 Å². The number of hydrogen-bond acceptors (Lipinski definition) is 2. The van der Waals surface area contributed by atoms with Gasteiger partial charge in [0, 0.05) is 12.1 Å². The zero-order chi connectivity index (χ0) is 11.0. The lowest BCUT2D eigenvalue weighted by molar-refractivity contribution is -0.138. The summed E-state index contributed by atoms with van der Waals surface area (Å²) >= 11 is 0. The van der Waals surface area contributed by atoms with Gasteiger partial charge in [0.05, 0.1) is 5.92 Å². The van der Waals surface area contributed by atoms with Gasteiger partial charge in [-0.2, -0.15) is 0 Å². The fourth-order valence-corrected chi connectivity index (χ4v) is 1.82. The third-order valence-corrected chi connectivity index (χ3v) is 2.72. The molecule has 4 nitrogen and oxygen atoms in total. The van der Waals surface area contributed by atoms with Crippen molar-refractivity contribution in [2.75, 3.05) is 0 Å². The Kier molecular flexibility index (Phi) is 2.19. The molecule has 0 bridgehead atoms. The molecule has 0 saturated heterocycles. The molecule has 4 heteroatoms. The highest BCUT2D eigenvalue weighted by Gasteiger charge is 2.25. The molecule has 1 aliphatic heterocycles. The van der Waals surface area contributed by atoms with Crippen LogP contribution in [0.5, 0.6) is 0 Å². The average molecular weight is 205 g/mol. The first-order chi connectivity index (χ1) is 7.11. The van der Waals surface area contributed by atoms with Crippen molar-refractivity contribution in [2.24, 2.45) is 0 Å². The maximum absolute atomic E-state index is 11.4. The van der Waals surface area contributed by atoms with Gasteiger partial charge in [0.25, 0.3) is 5.91 Å². The van der Waals surface area contributed by atoms with Gasteiger partial charge in [-0.3, -0.25) is 9.59 Å². The molecule has 2 rings (SSSR count). The lowest BCUT2D eigenvalue weighted by Crippen LogP contribution is -2.12. The van der Waals surface area contributed by atoms with E-state index in [4.69, 9.17) is 5.11 Å². The summed E-state index contributed by atoms with van der Waals surface area (Å²) in [5, 5.41) is 11.6. The number of nitrogens with one attached hydrogen (secondary N) is 1. The van der Waals surface area contributed by atoms with E-state index < -0.39 is 11.9 Å². The van der Waals surface area contributed by atoms with E-state index >= 15 is 0 Å². The van der Waals surface area contributed by atoms with Gasteiger partial charge in [-0.1, -0.05) is 12.1 Å². The predicted molar refractivity (Wildman–Crippen MR) is 53.7 cm³/mol. The maximum Gasteiger partial charge on any atom is 0.310 e. The van der Waals surface area contributed by atoms with Gasteiger partial charge in [0.15, 0.2) is 0 Å². The molecule has 0 spiro atoms. The molecule has 1 aromatic rings. The second kappa shape index (κ2) is 3.38. The molecule has 0 aromatic heterocycles. The second-order valence-electron chi connectivity index (χ2n) is 3.62. The van der Waals surface area contributed by atoms with E-state index in [-0.39, 0.29) is 5.91 Å². The molecule has 1 aromatic carbocycles. The minimum atomic E-state index is -0.872. The first-order valence-corrected chi connectivity index (χ1v) is 4.74. The Hall–Kier alpha value is -1.84. The lowest BCUT2D eigenvalue weighted by Gasteiger charge is -2.10. The quantitative estimate of drug-likeness (QED) is 0.760. The van der Waals surface area contributed by atoms with Crippen molar-refractivity contribution in [2.45, 2.75) is 19.4 Å². The number of hydrogen-bond donors (Lipinski definition) is 2. The van der Waals surface area contributed by atoms with E-state index in [1.54, 1.807) is 25.1 Å². The van der Waals surface area contributed by atoms with Crippen molar-refractivity contribution in [3.05, 3.63) is 34.9 Å². The normalized spacial score (nSPS) is 15.7. The van der Waals surface area contributed by atoms with Gasteiger partial charge >= 0.3 is 5.97 Å². The van der Waals surface area contributed by atoms with Crippen LogP contribution in [0.2, 0.25) is 0 Å². The minimum Gasteiger partial charge on any atom is -0.481 e. The van der Waals surface area contributed by atoms with Gasteiger partial charge < -0.3 is 10.4 Å². The van der Waals surface area contributed by atoms with E-state index in [2.05, 4.69) is 5.32 Å². The zero-order valence-corrected chi connectivity index (χ0v) is 8.28. The number of carbonyl (C=O) groups is 2. The molecule has 0 fully saturated rings. The van der Waals surface area contributed by atoms with Crippen molar-refractivity contribution in [3.63, 3.8) is 0 Å². The van der Waals surface area contributed by atoms with Crippen molar-refractivity contribution in [3.8, 4) is 0 Å². The highest BCUT2D eigenvalue weighted by atomic mass is 16.4. The van der Waals surface area contributed by atoms with E-state index in [0.717, 1.165) is 11.1 Å². The predicted octanol–water partition coefficient (Wildman–Crippen LogP) is 1.12. The highest BCUT2D eigenvalue weighted by molar-refractivity contribution is 5.99. The van der Waals surface area contributed by atoms with Crippen LogP contribution in [0.3, 0.4) is 0 Å². The van der Waals surface area contributed by atoms with Crippen LogP contribution >= 0.6 is 0 Å². The Labute approximate surface area is 86.9 Å². The van der Waals surface area contributed by atoms with Crippen LogP contribution in [0.25, 0.3) is 0 Å². The molecule has 1 unspecified atom stereocenters. The smallest absolute Gasteiger partial charge is 0.310 e. The van der Waals surface area contributed by atoms with Crippen molar-refractivity contribution in [1.82, 2.24) is 5.32 Å². The molecular formula is C11H11NO3. The Morgan fingerprint density at radius 2 is 2.27 bits per heavy atom. The fourth-order valence-electron chi connectivity index (χ4n) is 1.82. The van der Waals surface area contributed by atoms with Crippen molar-refractivity contribution >= 4 is 11.9 Å². The SMILES string of the molecule is CC(C(=O)O)c1cccc2c1CNC2=O. The van der Waals surface area contributed by atoms with Crippen LogP contribution in [-0.2, 0) is 11.3 Å². The fraction of sp³-hybridized carbons (Fsp3) is 0.273. The van der Waals surface area contributed by atoms with Gasteiger partial charge in [0.2, 0.25) is 0 Å². The summed E-state index contributed by atoms with van der Waals surface area (Å²) in [6.07, 6.45) is 0.